The van der Waals surface area contributed by atoms with Gasteiger partial charge in [0, 0.05) is 49.7 Å². The molecule has 1 amide bonds. The summed E-state index contributed by atoms with van der Waals surface area (Å²) in [5.41, 5.74) is 1.91. The number of nitrogens with one attached hydrogen (secondary N) is 1. The van der Waals surface area contributed by atoms with Gasteiger partial charge in [0.15, 0.2) is 0 Å². The summed E-state index contributed by atoms with van der Waals surface area (Å²) in [6.45, 7) is 5.49. The number of likely N-dealkylation sites (tertiary alicyclic amines) is 1. The Hall–Kier alpha value is -3.29. The van der Waals surface area contributed by atoms with Crippen LogP contribution in [0.5, 0.6) is 0 Å². The van der Waals surface area contributed by atoms with Crippen molar-refractivity contribution in [2.45, 2.75) is 51.4 Å². The van der Waals surface area contributed by atoms with Crippen molar-refractivity contribution < 1.29 is 9.21 Å². The van der Waals surface area contributed by atoms with Gasteiger partial charge in [-0.25, -0.2) is 4.98 Å². The SMILES string of the molecule is CC(C)c1nnc(CCC(=O)N2CCC[C@@H](c3ccc(Nc4ccccn4)cn3)C2)o1. The number of rotatable bonds is 7. The number of carbonyl (C=O) groups excluding carboxylic acids is 1. The molecule has 1 aliphatic rings. The predicted octanol–water partition coefficient (Wildman–Crippen LogP) is 4.07. The number of anilines is 2. The molecule has 0 aromatic carbocycles. The van der Waals surface area contributed by atoms with E-state index in [2.05, 4.69) is 25.5 Å². The van der Waals surface area contributed by atoms with E-state index in [0.717, 1.165) is 36.6 Å². The van der Waals surface area contributed by atoms with Crippen LogP contribution in [0.15, 0.2) is 47.1 Å². The minimum Gasteiger partial charge on any atom is -0.425 e. The summed E-state index contributed by atoms with van der Waals surface area (Å²) in [6, 6.07) is 9.78. The number of carbonyl (C=O) groups is 1. The second kappa shape index (κ2) is 9.68. The molecule has 0 radical (unpaired) electrons. The molecule has 3 aromatic heterocycles. The van der Waals surface area contributed by atoms with Gasteiger partial charge in [-0.2, -0.15) is 0 Å². The molecular weight excluding hydrogens is 392 g/mol. The number of piperidine rings is 1. The zero-order chi connectivity index (χ0) is 21.6. The highest BCUT2D eigenvalue weighted by molar-refractivity contribution is 5.76. The third-order valence-corrected chi connectivity index (χ3v) is 5.45. The van der Waals surface area contributed by atoms with Crippen LogP contribution in [0.25, 0.3) is 0 Å². The molecule has 1 saturated heterocycles. The summed E-state index contributed by atoms with van der Waals surface area (Å²) in [5, 5.41) is 11.3. The van der Waals surface area contributed by atoms with Gasteiger partial charge in [-0.05, 0) is 37.1 Å². The van der Waals surface area contributed by atoms with Gasteiger partial charge in [0.2, 0.25) is 17.7 Å². The summed E-state index contributed by atoms with van der Waals surface area (Å²) < 4.78 is 5.61. The van der Waals surface area contributed by atoms with Crippen LogP contribution in [0, 0.1) is 0 Å². The number of aryl methyl sites for hydroxylation is 1. The Balaban J connectivity index is 1.31. The highest BCUT2D eigenvalue weighted by Crippen LogP contribution is 2.27. The zero-order valence-electron chi connectivity index (χ0n) is 18.0. The first-order chi connectivity index (χ1) is 15.1. The van der Waals surface area contributed by atoms with Crippen LogP contribution >= 0.6 is 0 Å². The minimum absolute atomic E-state index is 0.127. The Morgan fingerprint density at radius 1 is 1.23 bits per heavy atom. The molecule has 0 saturated carbocycles. The maximum Gasteiger partial charge on any atom is 0.223 e. The Bertz CT molecular complexity index is 987. The van der Waals surface area contributed by atoms with E-state index in [1.165, 1.54) is 0 Å². The van der Waals surface area contributed by atoms with E-state index < -0.39 is 0 Å². The fourth-order valence-electron chi connectivity index (χ4n) is 3.72. The van der Waals surface area contributed by atoms with Crippen molar-refractivity contribution in [2.24, 2.45) is 0 Å². The van der Waals surface area contributed by atoms with Crippen molar-refractivity contribution in [3.63, 3.8) is 0 Å². The number of amides is 1. The van der Waals surface area contributed by atoms with E-state index in [9.17, 15) is 4.79 Å². The maximum absolute atomic E-state index is 12.7. The molecule has 1 fully saturated rings. The standard InChI is InChI=1S/C23H28N6O2/c1-16(2)23-28-27-21(31-23)10-11-22(30)29-13-5-6-17(15-29)19-9-8-18(14-25-19)26-20-7-3-4-12-24-20/h3-4,7-9,12,14,16-17H,5-6,10-11,13,15H2,1-2H3,(H,24,26)/t17-/m1/s1. The molecule has 1 aliphatic heterocycles. The van der Waals surface area contributed by atoms with Crippen LogP contribution in [0.4, 0.5) is 11.5 Å². The first-order valence-corrected chi connectivity index (χ1v) is 10.8. The van der Waals surface area contributed by atoms with Gasteiger partial charge in [0.25, 0.3) is 0 Å². The average molecular weight is 421 g/mol. The lowest BCUT2D eigenvalue weighted by Crippen LogP contribution is -2.39. The lowest BCUT2D eigenvalue weighted by molar-refractivity contribution is -0.132. The Kier molecular flexibility index (Phi) is 6.54. The average Bonchev–Trinajstić information content (AvgIpc) is 3.28. The fourth-order valence-corrected chi connectivity index (χ4v) is 3.72. The van der Waals surface area contributed by atoms with Gasteiger partial charge in [-0.15, -0.1) is 10.2 Å². The van der Waals surface area contributed by atoms with E-state index in [-0.39, 0.29) is 17.7 Å². The van der Waals surface area contributed by atoms with Crippen molar-refractivity contribution in [3.05, 3.63) is 60.2 Å². The number of hydrogen-bond acceptors (Lipinski definition) is 7. The molecule has 1 atom stereocenters. The van der Waals surface area contributed by atoms with E-state index in [1.807, 2.05) is 55.3 Å². The highest BCUT2D eigenvalue weighted by atomic mass is 16.4. The normalized spacial score (nSPS) is 16.5. The third kappa shape index (κ3) is 5.45. The van der Waals surface area contributed by atoms with Crippen molar-refractivity contribution in [3.8, 4) is 0 Å². The molecule has 4 heterocycles. The Morgan fingerprint density at radius 2 is 2.13 bits per heavy atom. The van der Waals surface area contributed by atoms with Gasteiger partial charge in [0.1, 0.15) is 5.82 Å². The number of aromatic nitrogens is 4. The molecule has 8 heteroatoms. The Labute approximate surface area is 182 Å². The van der Waals surface area contributed by atoms with Crippen LogP contribution in [-0.2, 0) is 11.2 Å². The van der Waals surface area contributed by atoms with E-state index >= 15 is 0 Å². The molecule has 31 heavy (non-hydrogen) atoms. The van der Waals surface area contributed by atoms with Gasteiger partial charge < -0.3 is 14.6 Å². The molecule has 4 rings (SSSR count). The monoisotopic (exact) mass is 420 g/mol. The quantitative estimate of drug-likeness (QED) is 0.615. The lowest BCUT2D eigenvalue weighted by Gasteiger charge is -2.32. The van der Waals surface area contributed by atoms with E-state index in [0.29, 0.717) is 31.2 Å². The zero-order valence-corrected chi connectivity index (χ0v) is 18.0. The molecular formula is C23H28N6O2. The number of hydrogen-bond donors (Lipinski definition) is 1. The highest BCUT2D eigenvalue weighted by Gasteiger charge is 2.25. The topological polar surface area (TPSA) is 97.0 Å². The molecule has 0 spiro atoms. The van der Waals surface area contributed by atoms with Gasteiger partial charge in [-0.1, -0.05) is 19.9 Å². The van der Waals surface area contributed by atoms with E-state index in [4.69, 9.17) is 4.42 Å². The maximum atomic E-state index is 12.7. The number of pyridine rings is 2. The Morgan fingerprint density at radius 3 is 2.84 bits per heavy atom. The minimum atomic E-state index is 0.127. The van der Waals surface area contributed by atoms with Crippen LogP contribution < -0.4 is 5.32 Å². The predicted molar refractivity (Wildman–Crippen MR) is 117 cm³/mol. The molecule has 3 aromatic rings. The van der Waals surface area contributed by atoms with Gasteiger partial charge in [-0.3, -0.25) is 9.78 Å². The van der Waals surface area contributed by atoms with Crippen molar-refractivity contribution in [2.75, 3.05) is 18.4 Å². The second-order valence-corrected chi connectivity index (χ2v) is 8.18. The van der Waals surface area contributed by atoms with E-state index in [1.54, 1.807) is 6.20 Å². The summed E-state index contributed by atoms with van der Waals surface area (Å²) in [6.07, 6.45) is 6.44. The second-order valence-electron chi connectivity index (χ2n) is 8.18. The summed E-state index contributed by atoms with van der Waals surface area (Å²) in [5.74, 6) is 2.50. The lowest BCUT2D eigenvalue weighted by atomic mass is 9.94. The first kappa shape index (κ1) is 21.0. The molecule has 0 bridgehead atoms. The largest absolute Gasteiger partial charge is 0.425 e. The number of nitrogens with zero attached hydrogens (tertiary/aromatic N) is 5. The van der Waals surface area contributed by atoms with Crippen molar-refractivity contribution in [1.29, 1.82) is 0 Å². The molecule has 0 unspecified atom stereocenters. The summed E-state index contributed by atoms with van der Waals surface area (Å²) in [4.78, 5) is 23.6. The van der Waals surface area contributed by atoms with Crippen LogP contribution in [0.2, 0.25) is 0 Å². The van der Waals surface area contributed by atoms with Crippen molar-refractivity contribution in [1.82, 2.24) is 25.1 Å². The smallest absolute Gasteiger partial charge is 0.223 e. The summed E-state index contributed by atoms with van der Waals surface area (Å²) >= 11 is 0. The van der Waals surface area contributed by atoms with Crippen molar-refractivity contribution >= 4 is 17.4 Å². The molecule has 8 nitrogen and oxygen atoms in total. The van der Waals surface area contributed by atoms with Crippen LogP contribution in [-0.4, -0.2) is 44.1 Å². The summed E-state index contributed by atoms with van der Waals surface area (Å²) in [7, 11) is 0. The molecule has 0 aliphatic carbocycles. The van der Waals surface area contributed by atoms with Crippen LogP contribution in [0.1, 0.15) is 62.4 Å². The fraction of sp³-hybridized carbons (Fsp3) is 0.435. The molecule has 1 N–H and O–H groups in total. The van der Waals surface area contributed by atoms with Gasteiger partial charge in [0.05, 0.1) is 11.9 Å². The molecule has 162 valence electrons. The first-order valence-electron chi connectivity index (χ1n) is 10.8. The van der Waals surface area contributed by atoms with Crippen LogP contribution in [0.3, 0.4) is 0 Å². The van der Waals surface area contributed by atoms with Gasteiger partial charge >= 0.3 is 0 Å². The third-order valence-electron chi connectivity index (χ3n) is 5.45.